The van der Waals surface area contributed by atoms with Crippen LogP contribution in [0.25, 0.3) is 22.2 Å². The maximum atomic E-state index is 5.60. The summed E-state index contributed by atoms with van der Waals surface area (Å²) < 4.78 is 5.60. The number of H-pyrrole nitrogens is 1. The van der Waals surface area contributed by atoms with E-state index < -0.39 is 0 Å². The van der Waals surface area contributed by atoms with Gasteiger partial charge in [-0.05, 0) is 18.7 Å². The Morgan fingerprint density at radius 1 is 1.33 bits per heavy atom. The van der Waals surface area contributed by atoms with Gasteiger partial charge in [-0.1, -0.05) is 12.1 Å². The number of hydrogen-bond donors (Lipinski definition) is 2. The number of fused-ring (bicyclic) bond motifs is 3. The van der Waals surface area contributed by atoms with Gasteiger partial charge in [-0.15, -0.1) is 0 Å². The third kappa shape index (κ3) is 1.22. The van der Waals surface area contributed by atoms with E-state index in [0.717, 1.165) is 28.7 Å². The lowest BCUT2D eigenvalue weighted by Gasteiger charge is -1.90. The van der Waals surface area contributed by atoms with Gasteiger partial charge in [0, 0.05) is 11.8 Å². The highest BCUT2D eigenvalue weighted by atomic mass is 16.3. The highest BCUT2D eigenvalue weighted by Crippen LogP contribution is 2.26. The van der Waals surface area contributed by atoms with Gasteiger partial charge >= 0.3 is 0 Å². The number of nitrogens with two attached hydrogens (primary N) is 1. The monoisotopic (exact) mass is 201 g/mol. The van der Waals surface area contributed by atoms with Crippen molar-refractivity contribution in [2.75, 3.05) is 6.54 Å². The summed E-state index contributed by atoms with van der Waals surface area (Å²) in [6.45, 7) is 0.591. The second kappa shape index (κ2) is 3.10. The van der Waals surface area contributed by atoms with E-state index in [1.54, 1.807) is 0 Å². The topological polar surface area (TPSA) is 67.8 Å². The first-order valence-corrected chi connectivity index (χ1v) is 4.94. The van der Waals surface area contributed by atoms with Gasteiger partial charge in [0.1, 0.15) is 16.9 Å². The van der Waals surface area contributed by atoms with Crippen LogP contribution in [0.3, 0.4) is 0 Å². The molecule has 15 heavy (non-hydrogen) atoms. The molecule has 1 aromatic carbocycles. The van der Waals surface area contributed by atoms with Gasteiger partial charge < -0.3 is 15.1 Å². The molecule has 2 aromatic heterocycles. The minimum atomic E-state index is 0.591. The second-order valence-corrected chi connectivity index (χ2v) is 3.50. The lowest BCUT2D eigenvalue weighted by molar-refractivity contribution is 0.653. The van der Waals surface area contributed by atoms with Crippen LogP contribution in [0.5, 0.6) is 0 Å². The largest absolute Gasteiger partial charge is 0.436 e. The molecule has 0 aliphatic heterocycles. The molecule has 0 radical (unpaired) electrons. The molecule has 0 unspecified atom stereocenters. The summed E-state index contributed by atoms with van der Waals surface area (Å²) >= 11 is 0. The Hall–Kier alpha value is -1.81. The Morgan fingerprint density at radius 3 is 3.07 bits per heavy atom. The van der Waals surface area contributed by atoms with Gasteiger partial charge in [0.15, 0.2) is 0 Å². The molecular formula is C11H11N3O. The molecule has 0 aliphatic carbocycles. The zero-order valence-corrected chi connectivity index (χ0v) is 8.16. The van der Waals surface area contributed by atoms with Crippen molar-refractivity contribution >= 4 is 22.2 Å². The highest BCUT2D eigenvalue weighted by molar-refractivity contribution is 6.01. The molecule has 3 N–H and O–H groups in total. The number of benzene rings is 1. The number of aromatic amines is 1. The van der Waals surface area contributed by atoms with Gasteiger partial charge in [0.05, 0.1) is 0 Å². The van der Waals surface area contributed by atoms with Crippen LogP contribution in [-0.4, -0.2) is 16.5 Å². The summed E-state index contributed by atoms with van der Waals surface area (Å²) in [5.74, 6) is 0.886. The van der Waals surface area contributed by atoms with E-state index in [2.05, 4.69) is 9.97 Å². The number of aromatic nitrogens is 2. The number of nitrogens with zero attached hydrogens (tertiary/aromatic N) is 1. The molecule has 0 aliphatic rings. The van der Waals surface area contributed by atoms with Crippen molar-refractivity contribution in [3.63, 3.8) is 0 Å². The number of hydrogen-bond acceptors (Lipinski definition) is 3. The summed E-state index contributed by atoms with van der Waals surface area (Å²) in [7, 11) is 0. The zero-order valence-electron chi connectivity index (χ0n) is 8.16. The predicted octanol–water partition coefficient (Wildman–Crippen LogP) is 1.81. The van der Waals surface area contributed by atoms with Gasteiger partial charge in [0.2, 0.25) is 5.71 Å². The van der Waals surface area contributed by atoms with Crippen LogP contribution in [0.2, 0.25) is 0 Å². The Morgan fingerprint density at radius 2 is 2.20 bits per heavy atom. The van der Waals surface area contributed by atoms with Gasteiger partial charge in [-0.25, -0.2) is 0 Å². The lowest BCUT2D eigenvalue weighted by atomic mass is 10.2. The smallest absolute Gasteiger partial charge is 0.245 e. The van der Waals surface area contributed by atoms with E-state index in [1.807, 2.05) is 24.3 Å². The van der Waals surface area contributed by atoms with E-state index in [4.69, 9.17) is 10.2 Å². The molecule has 76 valence electrons. The summed E-state index contributed by atoms with van der Waals surface area (Å²) in [5.41, 5.74) is 7.97. The van der Waals surface area contributed by atoms with Crippen molar-refractivity contribution in [1.82, 2.24) is 9.97 Å². The standard InChI is InChI=1S/C11H11N3O/c12-6-5-9-13-10-7-3-1-2-4-8(7)15-11(10)14-9/h1-4H,5-6,12H2,(H,13,14). The molecule has 0 amide bonds. The predicted molar refractivity (Wildman–Crippen MR) is 58.6 cm³/mol. The summed E-state index contributed by atoms with van der Waals surface area (Å²) in [6, 6.07) is 7.89. The highest BCUT2D eigenvalue weighted by Gasteiger charge is 2.10. The van der Waals surface area contributed by atoms with Crippen molar-refractivity contribution in [3.05, 3.63) is 30.1 Å². The molecule has 0 saturated carbocycles. The number of rotatable bonds is 2. The molecule has 0 saturated heterocycles. The first-order valence-electron chi connectivity index (χ1n) is 4.94. The van der Waals surface area contributed by atoms with Crippen molar-refractivity contribution in [3.8, 4) is 0 Å². The van der Waals surface area contributed by atoms with E-state index in [-0.39, 0.29) is 0 Å². The van der Waals surface area contributed by atoms with Crippen molar-refractivity contribution in [1.29, 1.82) is 0 Å². The van der Waals surface area contributed by atoms with Crippen LogP contribution in [0.15, 0.2) is 28.7 Å². The molecule has 3 aromatic rings. The van der Waals surface area contributed by atoms with E-state index in [9.17, 15) is 0 Å². The molecule has 0 bridgehead atoms. The lowest BCUT2D eigenvalue weighted by Crippen LogP contribution is -2.03. The molecule has 4 heteroatoms. The maximum Gasteiger partial charge on any atom is 0.245 e. The quantitative estimate of drug-likeness (QED) is 0.664. The number of para-hydroxylation sites is 1. The maximum absolute atomic E-state index is 5.60. The Balaban J connectivity index is 2.28. The van der Waals surface area contributed by atoms with E-state index in [0.29, 0.717) is 12.3 Å². The molecule has 0 spiro atoms. The minimum Gasteiger partial charge on any atom is -0.436 e. The van der Waals surface area contributed by atoms with Crippen LogP contribution in [0.1, 0.15) is 5.82 Å². The van der Waals surface area contributed by atoms with Crippen LogP contribution < -0.4 is 5.73 Å². The normalized spacial score (nSPS) is 11.5. The van der Waals surface area contributed by atoms with Crippen LogP contribution in [-0.2, 0) is 6.42 Å². The second-order valence-electron chi connectivity index (χ2n) is 3.50. The van der Waals surface area contributed by atoms with Gasteiger partial charge in [-0.2, -0.15) is 4.98 Å². The van der Waals surface area contributed by atoms with Gasteiger partial charge in [-0.3, -0.25) is 0 Å². The van der Waals surface area contributed by atoms with E-state index in [1.165, 1.54) is 0 Å². The average molecular weight is 201 g/mol. The van der Waals surface area contributed by atoms with Gasteiger partial charge in [0.25, 0.3) is 0 Å². The first-order chi connectivity index (χ1) is 7.38. The Bertz CT molecular complexity index is 608. The average Bonchev–Trinajstić information content (AvgIpc) is 2.75. The first kappa shape index (κ1) is 8.49. The van der Waals surface area contributed by atoms with Crippen LogP contribution in [0.4, 0.5) is 0 Å². The minimum absolute atomic E-state index is 0.591. The van der Waals surface area contributed by atoms with Crippen molar-refractivity contribution in [2.45, 2.75) is 6.42 Å². The summed E-state index contributed by atoms with van der Waals surface area (Å²) in [4.78, 5) is 7.57. The van der Waals surface area contributed by atoms with E-state index >= 15 is 0 Å². The molecule has 2 heterocycles. The number of imidazole rings is 1. The zero-order chi connectivity index (χ0) is 10.3. The Kier molecular flexibility index (Phi) is 1.76. The number of nitrogens with one attached hydrogen (secondary N) is 1. The fraction of sp³-hybridized carbons (Fsp3) is 0.182. The third-order valence-electron chi connectivity index (χ3n) is 2.46. The molecule has 3 rings (SSSR count). The summed E-state index contributed by atoms with van der Waals surface area (Å²) in [5, 5.41) is 1.07. The van der Waals surface area contributed by atoms with Crippen molar-refractivity contribution < 1.29 is 4.42 Å². The molecule has 4 nitrogen and oxygen atoms in total. The molecule has 0 fully saturated rings. The fourth-order valence-electron chi connectivity index (χ4n) is 1.78. The third-order valence-corrected chi connectivity index (χ3v) is 2.46. The van der Waals surface area contributed by atoms with Crippen LogP contribution in [0, 0.1) is 0 Å². The summed E-state index contributed by atoms with van der Waals surface area (Å²) in [6.07, 6.45) is 0.749. The Labute approximate surface area is 86.1 Å². The fourth-order valence-corrected chi connectivity index (χ4v) is 1.78. The van der Waals surface area contributed by atoms with Crippen LogP contribution >= 0.6 is 0 Å². The molecule has 0 atom stereocenters. The number of furan rings is 1. The van der Waals surface area contributed by atoms with Crippen molar-refractivity contribution in [2.24, 2.45) is 5.73 Å². The SMILES string of the molecule is NCCc1nc2oc3ccccc3c2[nH]1. The molecular weight excluding hydrogens is 190 g/mol.